The first-order chi connectivity index (χ1) is 7.87. The summed E-state index contributed by atoms with van der Waals surface area (Å²) in [4.78, 5) is 11.4. The van der Waals surface area contributed by atoms with Crippen LogP contribution < -0.4 is 10.6 Å². The van der Waals surface area contributed by atoms with Gasteiger partial charge in [0.05, 0.1) is 0 Å². The first-order valence-corrected chi connectivity index (χ1v) is 6.36. The van der Waals surface area contributed by atoms with Crippen LogP contribution in [0.4, 0.5) is 0 Å². The lowest BCUT2D eigenvalue weighted by atomic mass is 9.90. The minimum Gasteiger partial charge on any atom is -0.385 e. The van der Waals surface area contributed by atoms with E-state index in [1.165, 1.54) is 0 Å². The molecule has 0 rings (SSSR count). The van der Waals surface area contributed by atoms with Gasteiger partial charge in [0.2, 0.25) is 5.91 Å². The standard InChI is InChI=1S/C13H28N2O2/c1-11(2)15-12(16)6-8-14-10-13(3,4)7-9-17-5/h11,14H,6-10H2,1-5H3,(H,15,16). The summed E-state index contributed by atoms with van der Waals surface area (Å²) in [6.45, 7) is 10.8. The fourth-order valence-electron chi connectivity index (χ4n) is 1.49. The van der Waals surface area contributed by atoms with Gasteiger partial charge in [-0.25, -0.2) is 0 Å². The van der Waals surface area contributed by atoms with Gasteiger partial charge in [0.1, 0.15) is 0 Å². The monoisotopic (exact) mass is 244 g/mol. The molecule has 0 atom stereocenters. The Labute approximate surface area is 105 Å². The molecule has 4 nitrogen and oxygen atoms in total. The molecule has 0 aromatic heterocycles. The first-order valence-electron chi connectivity index (χ1n) is 6.36. The third kappa shape index (κ3) is 10.3. The molecule has 17 heavy (non-hydrogen) atoms. The van der Waals surface area contributed by atoms with Gasteiger partial charge in [-0.1, -0.05) is 13.8 Å². The van der Waals surface area contributed by atoms with Gasteiger partial charge in [0.15, 0.2) is 0 Å². The van der Waals surface area contributed by atoms with E-state index in [1.807, 2.05) is 13.8 Å². The largest absolute Gasteiger partial charge is 0.385 e. The van der Waals surface area contributed by atoms with Crippen LogP contribution in [0.3, 0.4) is 0 Å². The third-order valence-corrected chi connectivity index (χ3v) is 2.57. The van der Waals surface area contributed by atoms with Gasteiger partial charge in [-0.3, -0.25) is 4.79 Å². The predicted octanol–water partition coefficient (Wildman–Crippen LogP) is 1.55. The van der Waals surface area contributed by atoms with E-state index in [1.54, 1.807) is 7.11 Å². The smallest absolute Gasteiger partial charge is 0.221 e. The molecule has 0 unspecified atom stereocenters. The average Bonchev–Trinajstić information content (AvgIpc) is 2.21. The van der Waals surface area contributed by atoms with Crippen LogP contribution in [0.15, 0.2) is 0 Å². The molecule has 0 heterocycles. The highest BCUT2D eigenvalue weighted by Crippen LogP contribution is 2.18. The maximum atomic E-state index is 11.4. The van der Waals surface area contributed by atoms with Gasteiger partial charge in [-0.15, -0.1) is 0 Å². The van der Waals surface area contributed by atoms with Crippen LogP contribution in [0.2, 0.25) is 0 Å². The fraction of sp³-hybridized carbons (Fsp3) is 0.923. The molecule has 0 saturated heterocycles. The highest BCUT2D eigenvalue weighted by molar-refractivity contribution is 5.76. The van der Waals surface area contributed by atoms with Crippen LogP contribution >= 0.6 is 0 Å². The van der Waals surface area contributed by atoms with Gasteiger partial charge in [-0.2, -0.15) is 0 Å². The summed E-state index contributed by atoms with van der Waals surface area (Å²) in [5.74, 6) is 0.113. The highest BCUT2D eigenvalue weighted by Gasteiger charge is 2.16. The molecular formula is C13H28N2O2. The molecule has 0 aliphatic heterocycles. The molecule has 0 saturated carbocycles. The van der Waals surface area contributed by atoms with Crippen LogP contribution in [0.1, 0.15) is 40.5 Å². The summed E-state index contributed by atoms with van der Waals surface area (Å²) in [7, 11) is 1.72. The van der Waals surface area contributed by atoms with Crippen molar-refractivity contribution >= 4 is 5.91 Å². The van der Waals surface area contributed by atoms with Crippen molar-refractivity contribution in [3.63, 3.8) is 0 Å². The Morgan fingerprint density at radius 3 is 2.53 bits per heavy atom. The maximum Gasteiger partial charge on any atom is 0.221 e. The molecule has 0 spiro atoms. The molecule has 0 radical (unpaired) electrons. The molecule has 0 bridgehead atoms. The van der Waals surface area contributed by atoms with Crippen LogP contribution in [-0.2, 0) is 9.53 Å². The Bertz CT molecular complexity index is 215. The van der Waals surface area contributed by atoms with Crippen molar-refractivity contribution in [2.75, 3.05) is 26.8 Å². The number of carbonyl (C=O) groups is 1. The number of methoxy groups -OCH3 is 1. The van der Waals surface area contributed by atoms with Crippen molar-refractivity contribution in [1.82, 2.24) is 10.6 Å². The predicted molar refractivity (Wildman–Crippen MR) is 71.0 cm³/mol. The number of nitrogens with one attached hydrogen (secondary N) is 2. The molecule has 0 aliphatic rings. The molecule has 0 aromatic carbocycles. The number of rotatable bonds is 9. The molecule has 0 aromatic rings. The van der Waals surface area contributed by atoms with Gasteiger partial charge >= 0.3 is 0 Å². The van der Waals surface area contributed by atoms with Gasteiger partial charge in [0, 0.05) is 39.3 Å². The van der Waals surface area contributed by atoms with E-state index in [0.717, 1.165) is 26.1 Å². The van der Waals surface area contributed by atoms with Crippen molar-refractivity contribution < 1.29 is 9.53 Å². The lowest BCUT2D eigenvalue weighted by Gasteiger charge is -2.24. The lowest BCUT2D eigenvalue weighted by Crippen LogP contribution is -2.35. The summed E-state index contributed by atoms with van der Waals surface area (Å²) < 4.78 is 5.07. The Hall–Kier alpha value is -0.610. The van der Waals surface area contributed by atoms with Crippen molar-refractivity contribution in [2.45, 2.75) is 46.6 Å². The van der Waals surface area contributed by atoms with Gasteiger partial charge < -0.3 is 15.4 Å². The molecular weight excluding hydrogens is 216 g/mol. The average molecular weight is 244 g/mol. The Morgan fingerprint density at radius 1 is 1.35 bits per heavy atom. The van der Waals surface area contributed by atoms with E-state index in [2.05, 4.69) is 24.5 Å². The van der Waals surface area contributed by atoms with Crippen LogP contribution in [0.25, 0.3) is 0 Å². The van der Waals surface area contributed by atoms with Crippen molar-refractivity contribution in [3.8, 4) is 0 Å². The number of ether oxygens (including phenoxy) is 1. The van der Waals surface area contributed by atoms with Gasteiger partial charge in [-0.05, 0) is 25.7 Å². The summed E-state index contributed by atoms with van der Waals surface area (Å²) in [5.41, 5.74) is 0.213. The first kappa shape index (κ1) is 16.4. The Morgan fingerprint density at radius 2 is 2.00 bits per heavy atom. The minimum absolute atomic E-state index is 0.113. The van der Waals surface area contributed by atoms with Crippen LogP contribution in [0.5, 0.6) is 0 Å². The zero-order valence-corrected chi connectivity index (χ0v) is 11.9. The normalized spacial score (nSPS) is 11.9. The van der Waals surface area contributed by atoms with Crippen molar-refractivity contribution in [2.24, 2.45) is 5.41 Å². The van der Waals surface area contributed by atoms with Crippen LogP contribution in [-0.4, -0.2) is 38.8 Å². The lowest BCUT2D eigenvalue weighted by molar-refractivity contribution is -0.121. The summed E-state index contributed by atoms with van der Waals surface area (Å²) in [6.07, 6.45) is 1.56. The SMILES string of the molecule is COCCC(C)(C)CNCCC(=O)NC(C)C. The van der Waals surface area contributed by atoms with Gasteiger partial charge in [0.25, 0.3) is 0 Å². The summed E-state index contributed by atoms with van der Waals surface area (Å²) in [5, 5.41) is 6.20. The highest BCUT2D eigenvalue weighted by atomic mass is 16.5. The molecule has 4 heteroatoms. The zero-order chi connectivity index (χ0) is 13.3. The van der Waals surface area contributed by atoms with Crippen molar-refractivity contribution in [1.29, 1.82) is 0 Å². The summed E-state index contributed by atoms with van der Waals surface area (Å²) in [6, 6.07) is 0.223. The van der Waals surface area contributed by atoms with E-state index in [9.17, 15) is 4.79 Å². The third-order valence-electron chi connectivity index (χ3n) is 2.57. The van der Waals surface area contributed by atoms with E-state index >= 15 is 0 Å². The van der Waals surface area contributed by atoms with E-state index in [4.69, 9.17) is 4.74 Å². The van der Waals surface area contributed by atoms with E-state index < -0.39 is 0 Å². The minimum atomic E-state index is 0.113. The Balaban J connectivity index is 3.59. The zero-order valence-electron chi connectivity index (χ0n) is 11.9. The second-order valence-corrected chi connectivity index (χ2v) is 5.56. The van der Waals surface area contributed by atoms with E-state index in [-0.39, 0.29) is 17.4 Å². The van der Waals surface area contributed by atoms with Crippen molar-refractivity contribution in [3.05, 3.63) is 0 Å². The topological polar surface area (TPSA) is 50.4 Å². The number of hydrogen-bond acceptors (Lipinski definition) is 3. The molecule has 2 N–H and O–H groups in total. The number of carbonyl (C=O) groups excluding carboxylic acids is 1. The Kier molecular flexibility index (Phi) is 8.17. The summed E-state index contributed by atoms with van der Waals surface area (Å²) >= 11 is 0. The second-order valence-electron chi connectivity index (χ2n) is 5.56. The molecule has 0 fully saturated rings. The molecule has 1 amide bonds. The maximum absolute atomic E-state index is 11.4. The quantitative estimate of drug-likeness (QED) is 0.605. The number of hydrogen-bond donors (Lipinski definition) is 2. The number of amides is 1. The molecule has 102 valence electrons. The fourth-order valence-corrected chi connectivity index (χ4v) is 1.49. The van der Waals surface area contributed by atoms with Crippen LogP contribution in [0, 0.1) is 5.41 Å². The molecule has 0 aliphatic carbocycles. The second kappa shape index (κ2) is 8.48. The van der Waals surface area contributed by atoms with E-state index in [0.29, 0.717) is 6.42 Å².